The van der Waals surface area contributed by atoms with Gasteiger partial charge in [-0.3, -0.25) is 14.5 Å². The molecule has 0 atom stereocenters. The number of aromatic nitrogens is 3. The van der Waals surface area contributed by atoms with Crippen LogP contribution in [0.2, 0.25) is 0 Å². The number of anilines is 1. The minimum atomic E-state index is -3.60. The Morgan fingerprint density at radius 3 is 2.56 bits per heavy atom. The van der Waals surface area contributed by atoms with Crippen molar-refractivity contribution < 1.29 is 22.3 Å². The van der Waals surface area contributed by atoms with Crippen LogP contribution in [0.15, 0.2) is 59.9 Å². The van der Waals surface area contributed by atoms with Gasteiger partial charge in [0.1, 0.15) is 17.3 Å². The largest absolute Gasteiger partial charge is 0.456 e. The number of nitrogens with zero attached hydrogens (tertiary/aromatic N) is 4. The van der Waals surface area contributed by atoms with Crippen LogP contribution in [0.3, 0.4) is 0 Å². The van der Waals surface area contributed by atoms with E-state index in [9.17, 15) is 13.2 Å². The molecule has 0 saturated carbocycles. The summed E-state index contributed by atoms with van der Waals surface area (Å²) < 4.78 is 50.3. The summed E-state index contributed by atoms with van der Waals surface area (Å²) >= 11 is 0. The van der Waals surface area contributed by atoms with Gasteiger partial charge in [0.05, 0.1) is 34.3 Å². The molecule has 39 heavy (non-hydrogen) atoms. The Kier molecular flexibility index (Phi) is 6.90. The van der Waals surface area contributed by atoms with Gasteiger partial charge in [0.25, 0.3) is 0 Å². The standard InChI is InChI=1S/C28H30FN5O4S/c1-18-24(9-6-19(27(18)29)14-26(35)32-20-16-31-34(17-20)28(2,3)4)38-25-10-11-30-23-8-7-21(15-22(23)25)39(36,37)33-12-5-13-33/h6-11,15-17H,5,12-14H2,1-4H3,(H,32,35). The van der Waals surface area contributed by atoms with Crippen molar-refractivity contribution >= 4 is 32.5 Å². The van der Waals surface area contributed by atoms with E-state index in [4.69, 9.17) is 4.74 Å². The Balaban J connectivity index is 1.36. The third-order valence-corrected chi connectivity index (χ3v) is 8.56. The number of carbonyl (C=O) groups excluding carboxylic acids is 1. The topological polar surface area (TPSA) is 106 Å². The molecule has 1 aliphatic rings. The first kappa shape index (κ1) is 26.8. The van der Waals surface area contributed by atoms with E-state index in [0.717, 1.165) is 6.42 Å². The number of ether oxygens (including phenoxy) is 1. The van der Waals surface area contributed by atoms with Gasteiger partial charge in [-0.25, -0.2) is 12.8 Å². The minimum absolute atomic E-state index is 0.157. The Labute approximate surface area is 226 Å². The highest BCUT2D eigenvalue weighted by Gasteiger charge is 2.29. The first-order valence-corrected chi connectivity index (χ1v) is 14.1. The van der Waals surface area contributed by atoms with Crippen molar-refractivity contribution in [2.45, 2.75) is 51.0 Å². The molecule has 1 aliphatic heterocycles. The second-order valence-corrected chi connectivity index (χ2v) is 12.5. The van der Waals surface area contributed by atoms with E-state index in [1.165, 1.54) is 22.5 Å². The predicted octanol–water partition coefficient (Wildman–Crippen LogP) is 5.00. The van der Waals surface area contributed by atoms with Gasteiger partial charge in [-0.15, -0.1) is 0 Å². The number of carbonyl (C=O) groups is 1. The molecule has 1 N–H and O–H groups in total. The molecule has 11 heteroatoms. The minimum Gasteiger partial charge on any atom is -0.456 e. The first-order valence-electron chi connectivity index (χ1n) is 12.6. The van der Waals surface area contributed by atoms with Crippen molar-refractivity contribution in [2.75, 3.05) is 18.4 Å². The number of rotatable bonds is 7. The van der Waals surface area contributed by atoms with E-state index >= 15 is 4.39 Å². The van der Waals surface area contributed by atoms with Crippen molar-refractivity contribution in [3.05, 3.63) is 71.9 Å². The molecule has 1 fully saturated rings. The fraction of sp³-hybridized carbons (Fsp3) is 0.321. The Hall–Kier alpha value is -3.83. The predicted molar refractivity (Wildman–Crippen MR) is 146 cm³/mol. The maximum absolute atomic E-state index is 15.3. The first-order chi connectivity index (χ1) is 18.4. The van der Waals surface area contributed by atoms with E-state index in [2.05, 4.69) is 15.4 Å². The molecule has 0 aliphatic carbocycles. The maximum atomic E-state index is 15.3. The average Bonchev–Trinajstić information content (AvgIpc) is 3.31. The summed E-state index contributed by atoms with van der Waals surface area (Å²) in [5.41, 5.74) is 1.31. The van der Waals surface area contributed by atoms with E-state index in [0.29, 0.717) is 35.4 Å². The van der Waals surface area contributed by atoms with E-state index in [-0.39, 0.29) is 39.6 Å². The van der Waals surface area contributed by atoms with Gasteiger partial charge in [0.2, 0.25) is 15.9 Å². The summed E-state index contributed by atoms with van der Waals surface area (Å²) in [6, 6.07) is 9.43. The Morgan fingerprint density at radius 2 is 1.90 bits per heavy atom. The molecule has 204 valence electrons. The fourth-order valence-electron chi connectivity index (χ4n) is 4.25. The quantitative estimate of drug-likeness (QED) is 0.346. The number of hydrogen-bond acceptors (Lipinski definition) is 6. The number of pyridine rings is 1. The van der Waals surface area contributed by atoms with Gasteiger partial charge in [0.15, 0.2) is 0 Å². The summed E-state index contributed by atoms with van der Waals surface area (Å²) in [5.74, 6) is -0.310. The van der Waals surface area contributed by atoms with Gasteiger partial charge < -0.3 is 10.1 Å². The van der Waals surface area contributed by atoms with Crippen LogP contribution in [-0.2, 0) is 26.8 Å². The monoisotopic (exact) mass is 551 g/mol. The highest BCUT2D eigenvalue weighted by molar-refractivity contribution is 7.89. The zero-order valence-electron chi connectivity index (χ0n) is 22.2. The van der Waals surface area contributed by atoms with Gasteiger partial charge in [0, 0.05) is 36.4 Å². The third-order valence-electron chi connectivity index (χ3n) is 6.67. The van der Waals surface area contributed by atoms with Gasteiger partial charge in [-0.2, -0.15) is 9.40 Å². The zero-order chi connectivity index (χ0) is 27.9. The van der Waals surface area contributed by atoms with Gasteiger partial charge in [-0.05, 0) is 70.0 Å². The highest BCUT2D eigenvalue weighted by Crippen LogP contribution is 2.34. The van der Waals surface area contributed by atoms with Crippen molar-refractivity contribution in [3.63, 3.8) is 0 Å². The number of halogens is 1. The van der Waals surface area contributed by atoms with Crippen LogP contribution in [0.4, 0.5) is 10.1 Å². The van der Waals surface area contributed by atoms with Gasteiger partial charge >= 0.3 is 0 Å². The molecule has 5 rings (SSSR count). The van der Waals surface area contributed by atoms with Gasteiger partial charge in [-0.1, -0.05) is 6.07 Å². The Morgan fingerprint density at radius 1 is 1.13 bits per heavy atom. The number of hydrogen-bond donors (Lipinski definition) is 1. The lowest BCUT2D eigenvalue weighted by Crippen LogP contribution is -2.41. The fourth-order valence-corrected chi connectivity index (χ4v) is 5.79. The molecule has 0 spiro atoms. The molecule has 2 aromatic carbocycles. The van der Waals surface area contributed by atoms with E-state index in [1.807, 2.05) is 20.8 Å². The normalized spacial score (nSPS) is 14.3. The molecule has 0 unspecified atom stereocenters. The number of fused-ring (bicyclic) bond motifs is 1. The van der Waals surface area contributed by atoms with Crippen LogP contribution >= 0.6 is 0 Å². The summed E-state index contributed by atoms with van der Waals surface area (Å²) in [7, 11) is -3.60. The average molecular weight is 552 g/mol. The summed E-state index contributed by atoms with van der Waals surface area (Å²) in [5, 5.41) is 7.51. The van der Waals surface area contributed by atoms with Crippen LogP contribution in [0.5, 0.6) is 11.5 Å². The van der Waals surface area contributed by atoms with Crippen LogP contribution in [-0.4, -0.2) is 46.5 Å². The van der Waals surface area contributed by atoms with Crippen molar-refractivity contribution in [1.82, 2.24) is 19.1 Å². The van der Waals surface area contributed by atoms with E-state index < -0.39 is 15.8 Å². The summed E-state index contributed by atoms with van der Waals surface area (Å²) in [6.07, 6.45) is 5.51. The van der Waals surface area contributed by atoms with Crippen LogP contribution < -0.4 is 10.1 Å². The third kappa shape index (κ3) is 5.37. The molecule has 4 aromatic rings. The molecule has 0 radical (unpaired) electrons. The maximum Gasteiger partial charge on any atom is 0.243 e. The lowest BCUT2D eigenvalue weighted by atomic mass is 10.1. The number of nitrogens with one attached hydrogen (secondary N) is 1. The molecular formula is C28H30FN5O4S. The summed E-state index contributed by atoms with van der Waals surface area (Å²) in [6.45, 7) is 8.56. The second kappa shape index (κ2) is 10.0. The molecule has 2 aromatic heterocycles. The van der Waals surface area contributed by atoms with Crippen LogP contribution in [0.25, 0.3) is 10.9 Å². The summed E-state index contributed by atoms with van der Waals surface area (Å²) in [4.78, 5) is 17.1. The highest BCUT2D eigenvalue weighted by atomic mass is 32.2. The van der Waals surface area contributed by atoms with Crippen molar-refractivity contribution in [3.8, 4) is 11.5 Å². The van der Waals surface area contributed by atoms with Crippen LogP contribution in [0, 0.1) is 12.7 Å². The SMILES string of the molecule is Cc1c(Oc2ccnc3ccc(S(=O)(=O)N4CCC4)cc23)ccc(CC(=O)Nc2cnn(C(C)(C)C)c2)c1F. The molecule has 9 nitrogen and oxygen atoms in total. The number of sulfonamides is 1. The van der Waals surface area contributed by atoms with Crippen molar-refractivity contribution in [2.24, 2.45) is 0 Å². The van der Waals surface area contributed by atoms with Crippen LogP contribution in [0.1, 0.15) is 38.3 Å². The molecule has 1 amide bonds. The molecule has 1 saturated heterocycles. The Bertz CT molecular complexity index is 1670. The number of amides is 1. The molecular weight excluding hydrogens is 521 g/mol. The van der Waals surface area contributed by atoms with Crippen molar-refractivity contribution in [1.29, 1.82) is 0 Å². The second-order valence-electron chi connectivity index (χ2n) is 10.6. The smallest absolute Gasteiger partial charge is 0.243 e. The lowest BCUT2D eigenvalue weighted by Gasteiger charge is -2.29. The lowest BCUT2D eigenvalue weighted by molar-refractivity contribution is -0.115. The van der Waals surface area contributed by atoms with E-state index in [1.54, 1.807) is 48.4 Å². The zero-order valence-corrected chi connectivity index (χ0v) is 23.0. The molecule has 3 heterocycles. The molecule has 0 bridgehead atoms. The number of benzene rings is 2.